The quantitative estimate of drug-likeness (QED) is 0.460. The molecule has 0 aliphatic rings. The van der Waals surface area contributed by atoms with Crippen molar-refractivity contribution >= 4 is 11.9 Å². The zero-order valence-corrected chi connectivity index (χ0v) is 9.18. The molecule has 6 heteroatoms. The minimum absolute atomic E-state index is 0. The van der Waals surface area contributed by atoms with Crippen LogP contribution < -0.4 is 76.2 Å². The Morgan fingerprint density at radius 3 is 0.368 bits per heavy atom. The van der Waals surface area contributed by atoms with Gasteiger partial charge in [0.05, 0.1) is 0 Å². The molecule has 0 spiro atoms. The Bertz CT molecular complexity index is 26.6. The molecule has 0 amide bonds. The summed E-state index contributed by atoms with van der Waals surface area (Å²) in [4.78, 5) is 0. The molecule has 0 saturated carbocycles. The molecule has 19 heavy (non-hydrogen) atoms. The van der Waals surface area contributed by atoms with Crippen molar-refractivity contribution in [3.05, 3.63) is 0 Å². The van der Waals surface area contributed by atoms with Gasteiger partial charge in [-0.15, -0.1) is 0 Å². The van der Waals surface area contributed by atoms with E-state index in [2.05, 4.69) is 11.9 Å². The fraction of sp³-hybridized carbons (Fsp3) is 1.00. The standard InChI is InChI=1S/13CH4.ClO.ClH.2Na.H2O/c;;;;;;;;;;;;;1-2;;;;/h13*1H4;;1H;;;1H2/q;;;;;;;;;;;;;-1;;2*+1;/p-1. The summed E-state index contributed by atoms with van der Waals surface area (Å²) < 4.78 is 7.72. The van der Waals surface area contributed by atoms with Gasteiger partial charge in [-0.25, -0.2) is 11.9 Å². The summed E-state index contributed by atoms with van der Waals surface area (Å²) in [5.41, 5.74) is 0. The first kappa shape index (κ1) is 738. The molecule has 0 bridgehead atoms. The largest absolute Gasteiger partial charge is 1.00 e. The Balaban J connectivity index is -0.0000000000368. The summed E-state index contributed by atoms with van der Waals surface area (Å²) in [6.45, 7) is 0. The third-order valence-corrected chi connectivity index (χ3v) is 0. The molecule has 0 rings (SSSR count). The van der Waals surface area contributed by atoms with E-state index in [0.29, 0.717) is 0 Å². The maximum Gasteiger partial charge on any atom is 1.00 e. The molecular weight excluding hydrogens is 305 g/mol. The molecule has 134 valence electrons. The molecule has 0 heterocycles. The first-order valence-corrected chi connectivity index (χ1v) is 0.463. The van der Waals surface area contributed by atoms with Gasteiger partial charge in [0.1, 0.15) is 0 Å². The van der Waals surface area contributed by atoms with Gasteiger partial charge in [0, 0.05) is 0 Å². The molecule has 0 aromatic carbocycles. The summed E-state index contributed by atoms with van der Waals surface area (Å²) in [5, 5.41) is 0. The van der Waals surface area contributed by atoms with Gasteiger partial charge in [-0.1, -0.05) is 96.5 Å². The number of rotatable bonds is 0. The molecule has 0 atom stereocenters. The Labute approximate surface area is 188 Å². The maximum atomic E-state index is 7.72. The van der Waals surface area contributed by atoms with Gasteiger partial charge in [-0.3, -0.25) is 0 Å². The third-order valence-electron chi connectivity index (χ3n) is 0. The molecule has 0 aliphatic heterocycles. The topological polar surface area (TPSA) is 54.6 Å². The van der Waals surface area contributed by atoms with E-state index in [4.69, 9.17) is 4.66 Å². The zero-order valence-electron chi connectivity index (χ0n) is 3.66. The molecule has 0 aromatic heterocycles. The van der Waals surface area contributed by atoms with Crippen molar-refractivity contribution in [1.82, 2.24) is 0 Å². The fourth-order valence-electron chi connectivity index (χ4n) is 0. The molecule has 2 nitrogen and oxygen atoms in total. The first-order chi connectivity index (χ1) is 1.00. The van der Waals surface area contributed by atoms with Crippen LogP contribution in [0.25, 0.3) is 0 Å². The molecule has 0 aromatic rings. The van der Waals surface area contributed by atoms with Crippen LogP contribution in [0.1, 0.15) is 96.5 Å². The second-order valence-electron chi connectivity index (χ2n) is 0. The van der Waals surface area contributed by atoms with Crippen molar-refractivity contribution in [3.63, 3.8) is 0 Å². The van der Waals surface area contributed by atoms with Crippen LogP contribution in [0.15, 0.2) is 0 Å². The van der Waals surface area contributed by atoms with E-state index in [1.807, 2.05) is 0 Å². The van der Waals surface area contributed by atoms with Crippen LogP contribution >= 0.6 is 11.9 Å². The number of halogens is 2. The number of hydrogen-bond acceptors (Lipinski definition) is 1. The predicted octanol–water partition coefficient (Wildman–Crippen LogP) is -2.04. The van der Waals surface area contributed by atoms with E-state index in [1.54, 1.807) is 0 Å². The monoisotopic (exact) mass is 358 g/mol. The first-order valence-electron chi connectivity index (χ1n) is 0.154. The van der Waals surface area contributed by atoms with Crippen LogP contribution in [0, 0.1) is 0 Å². The van der Waals surface area contributed by atoms with Gasteiger partial charge < -0.3 is 22.5 Å². The van der Waals surface area contributed by atoms with Crippen LogP contribution in [-0.2, 0) is 0 Å². The average Bonchev–Trinajstić information content (AvgIpc) is 1.00. The van der Waals surface area contributed by atoms with Crippen LogP contribution in [0.3, 0.4) is 0 Å². The van der Waals surface area contributed by atoms with Gasteiger partial charge in [0.25, 0.3) is 0 Å². The Morgan fingerprint density at radius 2 is 0.368 bits per heavy atom. The van der Waals surface area contributed by atoms with Crippen molar-refractivity contribution in [2.45, 2.75) is 96.5 Å². The summed E-state index contributed by atoms with van der Waals surface area (Å²) >= 11 is 3.39. The maximum absolute atomic E-state index is 7.72. The normalized spacial score (nSPS) is 0.316. The van der Waals surface area contributed by atoms with E-state index in [-0.39, 0.29) is 174 Å². The van der Waals surface area contributed by atoms with Crippen molar-refractivity contribution in [2.24, 2.45) is 0 Å². The average molecular weight is 359 g/mol. The van der Waals surface area contributed by atoms with Gasteiger partial charge in [-0.05, 0) is 0 Å². The van der Waals surface area contributed by atoms with Gasteiger partial charge in [0.15, 0.2) is 0 Å². The molecule has 0 radical (unpaired) electrons. The minimum Gasteiger partial charge on any atom is -1.00 e. The van der Waals surface area contributed by atoms with Crippen molar-refractivity contribution in [2.75, 3.05) is 0 Å². The van der Waals surface area contributed by atoms with E-state index in [1.165, 1.54) is 0 Å². The Morgan fingerprint density at radius 1 is 0.368 bits per heavy atom. The van der Waals surface area contributed by atoms with Crippen LogP contribution in [0.4, 0.5) is 0 Å². The molecule has 0 saturated heterocycles. The molecule has 0 aliphatic carbocycles. The summed E-state index contributed by atoms with van der Waals surface area (Å²) in [6.07, 6.45) is 0. The molecule has 0 fully saturated rings. The third kappa shape index (κ3) is 1120. The second kappa shape index (κ2) is 1250. The van der Waals surface area contributed by atoms with Crippen molar-refractivity contribution < 1.29 is 81.7 Å². The predicted molar refractivity (Wildman–Crippen MR) is 97.0 cm³/mol. The van der Waals surface area contributed by atoms with Gasteiger partial charge >= 0.3 is 59.1 Å². The Hall–Kier alpha value is 2.50. The van der Waals surface area contributed by atoms with Gasteiger partial charge in [-0.2, -0.15) is 0 Å². The van der Waals surface area contributed by atoms with Crippen LogP contribution in [0.5, 0.6) is 0 Å². The van der Waals surface area contributed by atoms with E-state index < -0.39 is 0 Å². The van der Waals surface area contributed by atoms with Crippen LogP contribution in [0.2, 0.25) is 0 Å². The second-order valence-corrected chi connectivity index (χ2v) is 0. The van der Waals surface area contributed by atoms with E-state index in [9.17, 15) is 0 Å². The zero-order chi connectivity index (χ0) is 2.00. The summed E-state index contributed by atoms with van der Waals surface area (Å²) in [7, 11) is 0. The van der Waals surface area contributed by atoms with E-state index in [0.717, 1.165) is 0 Å². The van der Waals surface area contributed by atoms with Crippen molar-refractivity contribution in [1.29, 1.82) is 0 Å². The molecular formula is C13H54Cl2Na2O2. The SMILES string of the molecule is C.C.C.C.C.C.C.C.C.C.C.C.C.O.[Cl-].[Na+].[Na+].[O-]Cl. The Kier molecular flexibility index (Phi) is 48400. The minimum atomic E-state index is 0. The molecule has 2 N–H and O–H groups in total. The summed E-state index contributed by atoms with van der Waals surface area (Å²) in [6, 6.07) is 0. The van der Waals surface area contributed by atoms with E-state index >= 15 is 0 Å². The molecule has 0 unspecified atom stereocenters. The fourth-order valence-corrected chi connectivity index (χ4v) is 0. The van der Waals surface area contributed by atoms with Gasteiger partial charge in [0.2, 0.25) is 0 Å². The smallest absolute Gasteiger partial charge is 1.00 e. The number of hydrogen-bond donors (Lipinski definition) is 0. The summed E-state index contributed by atoms with van der Waals surface area (Å²) in [5.74, 6) is 0. The van der Waals surface area contributed by atoms with Crippen molar-refractivity contribution in [3.8, 4) is 0 Å². The van der Waals surface area contributed by atoms with Crippen LogP contribution in [-0.4, -0.2) is 5.48 Å².